The second kappa shape index (κ2) is 7.00. The van der Waals surface area contributed by atoms with Crippen molar-refractivity contribution >= 4 is 0 Å². The molecular formula is C16H31N. The van der Waals surface area contributed by atoms with E-state index in [1.807, 2.05) is 0 Å². The first-order valence-corrected chi connectivity index (χ1v) is 6.74. The van der Waals surface area contributed by atoms with Crippen molar-refractivity contribution in [3.05, 3.63) is 23.8 Å². The van der Waals surface area contributed by atoms with Gasteiger partial charge in [-0.3, -0.25) is 0 Å². The molecule has 100 valence electrons. The average Bonchev–Trinajstić information content (AvgIpc) is 2.08. The summed E-state index contributed by atoms with van der Waals surface area (Å²) in [5.74, 6) is 0. The zero-order valence-electron chi connectivity index (χ0n) is 12.9. The smallest absolute Gasteiger partial charge is 0.0142 e. The van der Waals surface area contributed by atoms with Crippen molar-refractivity contribution in [2.45, 2.75) is 66.8 Å². The van der Waals surface area contributed by atoms with Gasteiger partial charge in [-0.05, 0) is 39.0 Å². The fourth-order valence-electron chi connectivity index (χ4n) is 1.65. The lowest BCUT2D eigenvalue weighted by Crippen LogP contribution is -2.35. The van der Waals surface area contributed by atoms with Crippen LogP contribution in [0.2, 0.25) is 0 Å². The van der Waals surface area contributed by atoms with E-state index in [1.165, 1.54) is 5.57 Å². The van der Waals surface area contributed by atoms with E-state index < -0.39 is 0 Å². The van der Waals surface area contributed by atoms with Crippen molar-refractivity contribution in [2.24, 2.45) is 5.41 Å². The van der Waals surface area contributed by atoms with Gasteiger partial charge in [0, 0.05) is 12.1 Å². The van der Waals surface area contributed by atoms with E-state index in [2.05, 4.69) is 72.0 Å². The Kier molecular flexibility index (Phi) is 6.77. The van der Waals surface area contributed by atoms with Crippen LogP contribution >= 0.6 is 0 Å². The monoisotopic (exact) mass is 237 g/mol. The van der Waals surface area contributed by atoms with Gasteiger partial charge in [0.1, 0.15) is 0 Å². The van der Waals surface area contributed by atoms with Crippen LogP contribution in [0.1, 0.15) is 61.3 Å². The molecule has 1 N–H and O–H groups in total. The third kappa shape index (κ3) is 11.7. The van der Waals surface area contributed by atoms with Crippen molar-refractivity contribution in [1.82, 2.24) is 5.32 Å². The lowest BCUT2D eigenvalue weighted by molar-refractivity contribution is 0.412. The molecule has 0 spiro atoms. The molecule has 0 aliphatic rings. The molecule has 1 heteroatoms. The van der Waals surface area contributed by atoms with Crippen LogP contribution in [0, 0.1) is 5.41 Å². The minimum atomic E-state index is 0.197. The van der Waals surface area contributed by atoms with Crippen molar-refractivity contribution < 1.29 is 0 Å². The topological polar surface area (TPSA) is 12.0 Å². The fourth-order valence-corrected chi connectivity index (χ4v) is 1.65. The van der Waals surface area contributed by atoms with Crippen LogP contribution in [0.25, 0.3) is 0 Å². The van der Waals surface area contributed by atoms with Gasteiger partial charge in [-0.25, -0.2) is 0 Å². The molecule has 0 fully saturated rings. The molecule has 0 amide bonds. The van der Waals surface area contributed by atoms with Crippen molar-refractivity contribution in [3.63, 3.8) is 0 Å². The highest BCUT2D eigenvalue weighted by atomic mass is 14.9. The molecule has 0 radical (unpaired) electrons. The Morgan fingerprint density at radius 3 is 2.06 bits per heavy atom. The van der Waals surface area contributed by atoms with Gasteiger partial charge in [0.05, 0.1) is 0 Å². The van der Waals surface area contributed by atoms with Crippen LogP contribution in [0.4, 0.5) is 0 Å². The molecular weight excluding hydrogens is 206 g/mol. The highest BCUT2D eigenvalue weighted by Crippen LogP contribution is 2.24. The molecule has 0 aliphatic heterocycles. The maximum absolute atomic E-state index is 3.47. The van der Waals surface area contributed by atoms with Crippen LogP contribution in [-0.4, -0.2) is 12.1 Å². The summed E-state index contributed by atoms with van der Waals surface area (Å²) >= 11 is 0. The van der Waals surface area contributed by atoms with Gasteiger partial charge in [0.25, 0.3) is 0 Å². The Balaban J connectivity index is 4.28. The second-order valence-corrected chi connectivity index (χ2v) is 6.96. The van der Waals surface area contributed by atoms with Crippen molar-refractivity contribution in [2.75, 3.05) is 6.54 Å². The predicted molar refractivity (Wildman–Crippen MR) is 79.3 cm³/mol. The Labute approximate surface area is 108 Å². The predicted octanol–water partition coefficient (Wildman–Crippen LogP) is 4.70. The van der Waals surface area contributed by atoms with Crippen LogP contribution in [0.5, 0.6) is 0 Å². The molecule has 0 saturated carbocycles. The standard InChI is InChI=1S/C16H31N/c1-8-10-14(13-15(2,3)4)11-9-12-17-16(5,6)7/h9-11,17H,8,12-13H2,1-7H3/b11-9-,14-10+. The van der Waals surface area contributed by atoms with Gasteiger partial charge >= 0.3 is 0 Å². The van der Waals surface area contributed by atoms with E-state index >= 15 is 0 Å². The maximum Gasteiger partial charge on any atom is 0.0142 e. The fraction of sp³-hybridized carbons (Fsp3) is 0.750. The Morgan fingerprint density at radius 1 is 1.06 bits per heavy atom. The molecule has 0 rings (SSSR count). The summed E-state index contributed by atoms with van der Waals surface area (Å²) in [6, 6.07) is 0. The summed E-state index contributed by atoms with van der Waals surface area (Å²) in [7, 11) is 0. The first kappa shape index (κ1) is 16.4. The zero-order chi connectivity index (χ0) is 13.5. The molecule has 0 saturated heterocycles. The molecule has 0 aromatic carbocycles. The summed E-state index contributed by atoms with van der Waals surface area (Å²) < 4.78 is 0. The van der Waals surface area contributed by atoms with E-state index in [0.29, 0.717) is 5.41 Å². The molecule has 0 atom stereocenters. The summed E-state index contributed by atoms with van der Waals surface area (Å²) in [6.45, 7) is 16.6. The third-order valence-electron chi connectivity index (χ3n) is 2.28. The van der Waals surface area contributed by atoms with E-state index in [-0.39, 0.29) is 5.54 Å². The molecule has 0 bridgehead atoms. The second-order valence-electron chi connectivity index (χ2n) is 6.96. The largest absolute Gasteiger partial charge is 0.309 e. The van der Waals surface area contributed by atoms with Crippen LogP contribution in [0.3, 0.4) is 0 Å². The summed E-state index contributed by atoms with van der Waals surface area (Å²) in [4.78, 5) is 0. The van der Waals surface area contributed by atoms with E-state index in [0.717, 1.165) is 19.4 Å². The molecule has 0 aromatic heterocycles. The Bertz CT molecular complexity index is 258. The first-order chi connectivity index (χ1) is 7.64. The summed E-state index contributed by atoms with van der Waals surface area (Å²) in [6.07, 6.45) is 9.10. The number of allylic oxidation sites excluding steroid dienone is 3. The van der Waals surface area contributed by atoms with Gasteiger partial charge in [-0.15, -0.1) is 0 Å². The van der Waals surface area contributed by atoms with E-state index in [1.54, 1.807) is 0 Å². The Hall–Kier alpha value is -0.560. The van der Waals surface area contributed by atoms with Gasteiger partial charge in [0.15, 0.2) is 0 Å². The van der Waals surface area contributed by atoms with Crippen molar-refractivity contribution in [1.29, 1.82) is 0 Å². The molecule has 0 heterocycles. The summed E-state index contributed by atoms with van der Waals surface area (Å²) in [5, 5.41) is 3.47. The molecule has 0 unspecified atom stereocenters. The number of hydrogen-bond acceptors (Lipinski definition) is 1. The van der Waals surface area contributed by atoms with Gasteiger partial charge in [-0.1, -0.05) is 51.5 Å². The highest BCUT2D eigenvalue weighted by molar-refractivity contribution is 5.20. The SMILES string of the molecule is CC/C=C(\C=C/CNC(C)(C)C)CC(C)(C)C. The van der Waals surface area contributed by atoms with E-state index in [9.17, 15) is 0 Å². The molecule has 17 heavy (non-hydrogen) atoms. The van der Waals surface area contributed by atoms with Crippen LogP contribution in [-0.2, 0) is 0 Å². The Morgan fingerprint density at radius 2 is 1.65 bits per heavy atom. The van der Waals surface area contributed by atoms with Gasteiger partial charge < -0.3 is 5.32 Å². The maximum atomic E-state index is 3.47. The lowest BCUT2D eigenvalue weighted by atomic mass is 9.87. The molecule has 1 nitrogen and oxygen atoms in total. The van der Waals surface area contributed by atoms with Gasteiger partial charge in [0.2, 0.25) is 0 Å². The van der Waals surface area contributed by atoms with Crippen LogP contribution < -0.4 is 5.32 Å². The van der Waals surface area contributed by atoms with Crippen LogP contribution in [0.15, 0.2) is 23.8 Å². The minimum absolute atomic E-state index is 0.197. The average molecular weight is 237 g/mol. The van der Waals surface area contributed by atoms with E-state index in [4.69, 9.17) is 0 Å². The number of hydrogen-bond donors (Lipinski definition) is 1. The zero-order valence-corrected chi connectivity index (χ0v) is 12.9. The van der Waals surface area contributed by atoms with Gasteiger partial charge in [-0.2, -0.15) is 0 Å². The molecule has 0 aliphatic carbocycles. The summed E-state index contributed by atoms with van der Waals surface area (Å²) in [5.41, 5.74) is 2.02. The first-order valence-electron chi connectivity index (χ1n) is 6.74. The number of nitrogens with one attached hydrogen (secondary N) is 1. The lowest BCUT2D eigenvalue weighted by Gasteiger charge is -2.20. The molecule has 0 aromatic rings. The normalized spacial score (nSPS) is 14.6. The quantitative estimate of drug-likeness (QED) is 0.683. The minimum Gasteiger partial charge on any atom is -0.309 e. The van der Waals surface area contributed by atoms with Crippen molar-refractivity contribution in [3.8, 4) is 0 Å². The number of rotatable bonds is 5. The third-order valence-corrected chi connectivity index (χ3v) is 2.28. The highest BCUT2D eigenvalue weighted by Gasteiger charge is 2.11.